The number of carbonyl (C=O) groups excluding carboxylic acids is 5. The molecule has 1 aromatic heterocycles. The Kier molecular flexibility index (Phi) is 6.12. The highest BCUT2D eigenvalue weighted by Gasteiger charge is 2.44. The van der Waals surface area contributed by atoms with Crippen LogP contribution < -0.4 is 10.6 Å². The maximum atomic E-state index is 13.0. The lowest BCUT2D eigenvalue weighted by molar-refractivity contribution is -0.136. The number of piperidine rings is 2. The molecule has 10 nitrogen and oxygen atoms in total. The number of hydrogen-bond donors (Lipinski definition) is 2. The van der Waals surface area contributed by atoms with Gasteiger partial charge in [0.1, 0.15) is 6.04 Å². The van der Waals surface area contributed by atoms with Crippen LogP contribution in [0, 0.1) is 0 Å². The third kappa shape index (κ3) is 4.57. The standard InChI is InChI=1S/C25H25N5O5/c31-21-4-3-20(23(33)28-21)30-24(34)18-2-1-16(13-19(18)25(30)35)22(32)27-17-7-11-29(12-8-17)14-15-5-9-26-10-6-15/h1-2,5-6,9-10,13,17,20H,3-4,7-8,11-12,14H2,(H,27,32)(H,28,31,33). The molecule has 5 amide bonds. The van der Waals surface area contributed by atoms with Gasteiger partial charge in [0.05, 0.1) is 11.1 Å². The van der Waals surface area contributed by atoms with Gasteiger partial charge >= 0.3 is 0 Å². The van der Waals surface area contributed by atoms with Gasteiger partial charge in [0.15, 0.2) is 0 Å². The van der Waals surface area contributed by atoms with E-state index in [1.54, 1.807) is 12.4 Å². The van der Waals surface area contributed by atoms with E-state index < -0.39 is 29.7 Å². The Morgan fingerprint density at radius 2 is 1.69 bits per heavy atom. The molecule has 1 atom stereocenters. The number of aromatic nitrogens is 1. The number of rotatable bonds is 5. The molecule has 5 rings (SSSR count). The molecule has 0 saturated carbocycles. The summed E-state index contributed by atoms with van der Waals surface area (Å²) >= 11 is 0. The zero-order valence-electron chi connectivity index (χ0n) is 19.0. The predicted molar refractivity (Wildman–Crippen MR) is 123 cm³/mol. The van der Waals surface area contributed by atoms with Crippen LogP contribution in [-0.4, -0.2) is 69.5 Å². The largest absolute Gasteiger partial charge is 0.349 e. The normalized spacial score (nSPS) is 21.1. The van der Waals surface area contributed by atoms with Gasteiger partial charge in [-0.1, -0.05) is 0 Å². The quantitative estimate of drug-likeness (QED) is 0.614. The summed E-state index contributed by atoms with van der Waals surface area (Å²) in [6.07, 6.45) is 5.32. The molecule has 10 heteroatoms. The van der Waals surface area contributed by atoms with Crippen LogP contribution in [0.2, 0.25) is 0 Å². The van der Waals surface area contributed by atoms with Crippen LogP contribution in [0.3, 0.4) is 0 Å². The first-order valence-electron chi connectivity index (χ1n) is 11.7. The molecule has 0 aliphatic carbocycles. The number of fused-ring (bicyclic) bond motifs is 1. The van der Waals surface area contributed by atoms with E-state index in [1.165, 1.54) is 23.8 Å². The lowest BCUT2D eigenvalue weighted by atomic mass is 10.0. The second-order valence-corrected chi connectivity index (χ2v) is 9.09. The number of likely N-dealkylation sites (tertiary alicyclic amines) is 1. The van der Waals surface area contributed by atoms with Crippen molar-refractivity contribution < 1.29 is 24.0 Å². The molecule has 180 valence electrons. The van der Waals surface area contributed by atoms with Crippen molar-refractivity contribution in [3.8, 4) is 0 Å². The average molecular weight is 476 g/mol. The summed E-state index contributed by atoms with van der Waals surface area (Å²) in [4.78, 5) is 69.6. The Hall–Kier alpha value is -3.92. The molecule has 3 aliphatic heterocycles. The summed E-state index contributed by atoms with van der Waals surface area (Å²) < 4.78 is 0. The van der Waals surface area contributed by atoms with Crippen molar-refractivity contribution in [2.45, 2.75) is 44.3 Å². The average Bonchev–Trinajstić information content (AvgIpc) is 3.10. The van der Waals surface area contributed by atoms with Crippen LogP contribution in [-0.2, 0) is 16.1 Å². The Bertz CT molecular complexity index is 1210. The summed E-state index contributed by atoms with van der Waals surface area (Å²) in [7, 11) is 0. The van der Waals surface area contributed by atoms with Crippen LogP contribution >= 0.6 is 0 Å². The highest BCUT2D eigenvalue weighted by atomic mass is 16.2. The first-order valence-corrected chi connectivity index (χ1v) is 11.7. The minimum Gasteiger partial charge on any atom is -0.349 e. The SMILES string of the molecule is O=C1CCC(N2C(=O)c3ccc(C(=O)NC4CCN(Cc5ccncc5)CC4)cc3C2=O)C(=O)N1. The van der Waals surface area contributed by atoms with E-state index in [9.17, 15) is 24.0 Å². The van der Waals surface area contributed by atoms with Crippen molar-refractivity contribution in [2.24, 2.45) is 0 Å². The zero-order valence-corrected chi connectivity index (χ0v) is 19.0. The molecule has 0 radical (unpaired) electrons. The Balaban J connectivity index is 1.21. The van der Waals surface area contributed by atoms with Gasteiger partial charge in [0, 0.05) is 50.1 Å². The highest BCUT2D eigenvalue weighted by molar-refractivity contribution is 6.24. The van der Waals surface area contributed by atoms with Crippen molar-refractivity contribution in [1.82, 2.24) is 25.4 Å². The molecule has 0 spiro atoms. The van der Waals surface area contributed by atoms with E-state index >= 15 is 0 Å². The molecule has 2 fully saturated rings. The van der Waals surface area contributed by atoms with Crippen LogP contribution in [0.5, 0.6) is 0 Å². The predicted octanol–water partition coefficient (Wildman–Crippen LogP) is 0.877. The summed E-state index contributed by atoms with van der Waals surface area (Å²) in [5, 5.41) is 5.21. The number of nitrogens with one attached hydrogen (secondary N) is 2. The molecular weight excluding hydrogens is 450 g/mol. The van der Waals surface area contributed by atoms with E-state index in [-0.39, 0.29) is 41.5 Å². The number of amides is 5. The van der Waals surface area contributed by atoms with Crippen molar-refractivity contribution in [3.05, 3.63) is 65.0 Å². The third-order valence-corrected chi connectivity index (χ3v) is 6.78. The van der Waals surface area contributed by atoms with Gasteiger partial charge in [-0.05, 0) is 55.2 Å². The van der Waals surface area contributed by atoms with E-state index in [0.29, 0.717) is 0 Å². The van der Waals surface area contributed by atoms with Gasteiger partial charge in [-0.2, -0.15) is 0 Å². The summed E-state index contributed by atoms with van der Waals surface area (Å²) in [6.45, 7) is 2.55. The van der Waals surface area contributed by atoms with Gasteiger partial charge in [0.2, 0.25) is 11.8 Å². The van der Waals surface area contributed by atoms with Gasteiger partial charge in [0.25, 0.3) is 17.7 Å². The summed E-state index contributed by atoms with van der Waals surface area (Å²) in [6, 6.07) is 7.36. The fraction of sp³-hybridized carbons (Fsp3) is 0.360. The van der Waals surface area contributed by atoms with Gasteiger partial charge in [-0.25, -0.2) is 0 Å². The fourth-order valence-electron chi connectivity index (χ4n) is 4.86. The maximum absolute atomic E-state index is 13.0. The van der Waals surface area contributed by atoms with E-state index in [2.05, 4.69) is 20.5 Å². The lowest BCUT2D eigenvalue weighted by Crippen LogP contribution is -2.54. The van der Waals surface area contributed by atoms with Crippen LogP contribution in [0.4, 0.5) is 0 Å². The Labute approximate surface area is 201 Å². The maximum Gasteiger partial charge on any atom is 0.262 e. The first kappa shape index (κ1) is 22.9. The fourth-order valence-corrected chi connectivity index (χ4v) is 4.86. The number of nitrogens with zero attached hydrogens (tertiary/aromatic N) is 3. The molecular formula is C25H25N5O5. The highest BCUT2D eigenvalue weighted by Crippen LogP contribution is 2.28. The topological polar surface area (TPSA) is 129 Å². The smallest absolute Gasteiger partial charge is 0.262 e. The van der Waals surface area contributed by atoms with Crippen LogP contribution in [0.1, 0.15) is 62.3 Å². The number of carbonyl (C=O) groups is 5. The third-order valence-electron chi connectivity index (χ3n) is 6.78. The molecule has 4 heterocycles. The second kappa shape index (κ2) is 9.38. The van der Waals surface area contributed by atoms with Crippen molar-refractivity contribution >= 4 is 29.5 Å². The molecule has 2 aromatic rings. The van der Waals surface area contributed by atoms with E-state index in [4.69, 9.17) is 0 Å². The zero-order chi connectivity index (χ0) is 24.5. The molecule has 3 aliphatic rings. The number of pyridine rings is 1. The van der Waals surface area contributed by atoms with Crippen LogP contribution in [0.15, 0.2) is 42.7 Å². The van der Waals surface area contributed by atoms with Gasteiger partial charge in [-0.3, -0.25) is 44.1 Å². The van der Waals surface area contributed by atoms with E-state index in [0.717, 1.165) is 37.4 Å². The first-order chi connectivity index (χ1) is 16.9. The van der Waals surface area contributed by atoms with Gasteiger partial charge in [-0.15, -0.1) is 0 Å². The van der Waals surface area contributed by atoms with E-state index in [1.807, 2.05) is 12.1 Å². The minimum absolute atomic E-state index is 0.0155. The van der Waals surface area contributed by atoms with Crippen molar-refractivity contribution in [3.63, 3.8) is 0 Å². The Morgan fingerprint density at radius 3 is 2.40 bits per heavy atom. The summed E-state index contributed by atoms with van der Waals surface area (Å²) in [5.41, 5.74) is 1.74. The molecule has 1 unspecified atom stereocenters. The summed E-state index contributed by atoms with van der Waals surface area (Å²) in [5.74, 6) is -2.61. The second-order valence-electron chi connectivity index (χ2n) is 9.09. The van der Waals surface area contributed by atoms with Crippen molar-refractivity contribution in [2.75, 3.05) is 13.1 Å². The molecule has 0 bridgehead atoms. The molecule has 35 heavy (non-hydrogen) atoms. The van der Waals surface area contributed by atoms with Crippen LogP contribution in [0.25, 0.3) is 0 Å². The number of hydrogen-bond acceptors (Lipinski definition) is 7. The lowest BCUT2D eigenvalue weighted by Gasteiger charge is -2.32. The number of imide groups is 2. The van der Waals surface area contributed by atoms with Crippen molar-refractivity contribution in [1.29, 1.82) is 0 Å². The monoisotopic (exact) mass is 475 g/mol. The molecule has 1 aromatic carbocycles. The molecule has 2 saturated heterocycles. The molecule has 2 N–H and O–H groups in total. The number of benzene rings is 1. The Morgan fingerprint density at radius 1 is 0.971 bits per heavy atom. The van der Waals surface area contributed by atoms with Gasteiger partial charge < -0.3 is 5.32 Å². The minimum atomic E-state index is -1.03.